The summed E-state index contributed by atoms with van der Waals surface area (Å²) in [4.78, 5) is 0. The van der Waals surface area contributed by atoms with E-state index in [9.17, 15) is 0 Å². The van der Waals surface area contributed by atoms with Crippen molar-refractivity contribution in [3.05, 3.63) is 83.9 Å². The number of thiophene rings is 1. The van der Waals surface area contributed by atoms with Crippen molar-refractivity contribution in [2.24, 2.45) is 0 Å². The summed E-state index contributed by atoms with van der Waals surface area (Å²) < 4.78 is 2.65. The summed E-state index contributed by atoms with van der Waals surface area (Å²) >= 11 is 1.85. The van der Waals surface area contributed by atoms with Gasteiger partial charge in [0.05, 0.1) is 0 Å². The Morgan fingerprint density at radius 3 is 2.35 bits per heavy atom. The number of benzene rings is 3. The van der Waals surface area contributed by atoms with Crippen molar-refractivity contribution in [1.29, 1.82) is 0 Å². The number of rotatable bonds is 2. The van der Waals surface area contributed by atoms with E-state index in [1.54, 1.807) is 0 Å². The van der Waals surface area contributed by atoms with E-state index in [2.05, 4.69) is 61.5 Å². The van der Waals surface area contributed by atoms with Crippen LogP contribution >= 0.6 is 11.3 Å². The maximum atomic E-state index is 6.22. The summed E-state index contributed by atoms with van der Waals surface area (Å²) in [5.74, 6) is 0. The van der Waals surface area contributed by atoms with Crippen molar-refractivity contribution in [1.82, 2.24) is 0 Å². The van der Waals surface area contributed by atoms with Crippen molar-refractivity contribution < 1.29 is 0 Å². The standard InChI is InChI=1S/C21H17NS/c1-2-14(15-8-3-5-12-19(15)22)17-10-7-11-18-16-9-4-6-13-20(16)23-21(17)18/h2-13H,22H2,1H3/b14-2+. The summed E-state index contributed by atoms with van der Waals surface area (Å²) in [7, 11) is 0. The largest absolute Gasteiger partial charge is 0.398 e. The minimum absolute atomic E-state index is 0.818. The molecule has 0 spiro atoms. The fourth-order valence-corrected chi connectivity index (χ4v) is 4.39. The first-order valence-corrected chi connectivity index (χ1v) is 8.53. The lowest BCUT2D eigenvalue weighted by atomic mass is 9.95. The monoisotopic (exact) mass is 315 g/mol. The molecule has 0 unspecified atom stereocenters. The predicted molar refractivity (Wildman–Crippen MR) is 103 cm³/mol. The number of para-hydroxylation sites is 1. The van der Waals surface area contributed by atoms with Crippen LogP contribution in [-0.4, -0.2) is 0 Å². The van der Waals surface area contributed by atoms with E-state index in [0.717, 1.165) is 11.3 Å². The van der Waals surface area contributed by atoms with Crippen molar-refractivity contribution in [3.8, 4) is 0 Å². The molecule has 1 aromatic heterocycles. The Kier molecular flexibility index (Phi) is 3.40. The van der Waals surface area contributed by atoms with Gasteiger partial charge in [-0.05, 0) is 30.2 Å². The summed E-state index contributed by atoms with van der Waals surface area (Å²) in [6.07, 6.45) is 2.16. The van der Waals surface area contributed by atoms with E-state index in [1.165, 1.54) is 31.3 Å². The quantitative estimate of drug-likeness (QED) is 0.445. The molecule has 3 aromatic carbocycles. The fourth-order valence-electron chi connectivity index (χ4n) is 3.16. The average molecular weight is 315 g/mol. The van der Waals surface area contributed by atoms with Crippen molar-refractivity contribution in [2.45, 2.75) is 6.92 Å². The molecule has 23 heavy (non-hydrogen) atoms. The average Bonchev–Trinajstić information content (AvgIpc) is 2.97. The van der Waals surface area contributed by atoms with Crippen LogP contribution in [0.5, 0.6) is 0 Å². The van der Waals surface area contributed by atoms with Gasteiger partial charge in [0.25, 0.3) is 0 Å². The highest BCUT2D eigenvalue weighted by atomic mass is 32.1. The SMILES string of the molecule is C/C=C(\c1ccccc1N)c1cccc2c1sc1ccccc12. The van der Waals surface area contributed by atoms with E-state index >= 15 is 0 Å². The fraction of sp³-hybridized carbons (Fsp3) is 0.0476. The molecule has 0 bridgehead atoms. The molecule has 4 rings (SSSR count). The van der Waals surface area contributed by atoms with E-state index < -0.39 is 0 Å². The molecular weight excluding hydrogens is 298 g/mol. The van der Waals surface area contributed by atoms with Crippen molar-refractivity contribution in [2.75, 3.05) is 5.73 Å². The number of nitrogen functional groups attached to an aromatic ring is 1. The first-order valence-electron chi connectivity index (χ1n) is 7.71. The first kappa shape index (κ1) is 14.0. The second kappa shape index (κ2) is 5.56. The highest BCUT2D eigenvalue weighted by Crippen LogP contribution is 2.40. The summed E-state index contributed by atoms with van der Waals surface area (Å²) in [6.45, 7) is 2.08. The van der Waals surface area contributed by atoms with Gasteiger partial charge >= 0.3 is 0 Å². The number of fused-ring (bicyclic) bond motifs is 3. The summed E-state index contributed by atoms with van der Waals surface area (Å²) in [5.41, 5.74) is 10.6. The lowest BCUT2D eigenvalue weighted by Gasteiger charge is -2.11. The number of nitrogens with two attached hydrogens (primary N) is 1. The first-order chi connectivity index (χ1) is 11.3. The van der Waals surface area contributed by atoms with Crippen LogP contribution in [0.4, 0.5) is 5.69 Å². The lowest BCUT2D eigenvalue weighted by molar-refractivity contribution is 1.56. The van der Waals surface area contributed by atoms with Gasteiger partial charge in [0.15, 0.2) is 0 Å². The van der Waals surface area contributed by atoms with Crippen molar-refractivity contribution in [3.63, 3.8) is 0 Å². The van der Waals surface area contributed by atoms with Crippen LogP contribution in [0.3, 0.4) is 0 Å². The van der Waals surface area contributed by atoms with Gasteiger partial charge in [-0.1, -0.05) is 60.7 Å². The molecule has 0 fully saturated rings. The normalized spacial score (nSPS) is 12.1. The lowest BCUT2D eigenvalue weighted by Crippen LogP contribution is -1.95. The van der Waals surface area contributed by atoms with Gasteiger partial charge in [-0.2, -0.15) is 0 Å². The zero-order valence-electron chi connectivity index (χ0n) is 12.9. The molecular formula is C21H17NS. The third kappa shape index (κ3) is 2.23. The van der Waals surface area contributed by atoms with Crippen LogP contribution < -0.4 is 5.73 Å². The topological polar surface area (TPSA) is 26.0 Å². The smallest absolute Gasteiger partial charge is 0.0433 e. The summed E-state index contributed by atoms with van der Waals surface area (Å²) in [6, 6.07) is 23.2. The van der Waals surface area contributed by atoms with E-state index in [-0.39, 0.29) is 0 Å². The highest BCUT2D eigenvalue weighted by molar-refractivity contribution is 7.26. The second-order valence-electron chi connectivity index (χ2n) is 5.57. The molecule has 0 atom stereocenters. The molecule has 0 aliphatic heterocycles. The number of hydrogen-bond donors (Lipinski definition) is 1. The minimum atomic E-state index is 0.818. The van der Waals surface area contributed by atoms with Gasteiger partial charge in [-0.15, -0.1) is 11.3 Å². The maximum absolute atomic E-state index is 6.22. The molecule has 0 radical (unpaired) electrons. The van der Waals surface area contributed by atoms with Crippen LogP contribution in [0.15, 0.2) is 72.8 Å². The Morgan fingerprint density at radius 1 is 0.826 bits per heavy atom. The second-order valence-corrected chi connectivity index (χ2v) is 6.62. The molecule has 0 aliphatic carbocycles. The third-order valence-electron chi connectivity index (χ3n) is 4.23. The van der Waals surface area contributed by atoms with E-state index in [1.807, 2.05) is 29.5 Å². The molecule has 1 heterocycles. The van der Waals surface area contributed by atoms with Gasteiger partial charge in [0.1, 0.15) is 0 Å². The molecule has 1 nitrogen and oxygen atoms in total. The van der Waals surface area contributed by atoms with Crippen LogP contribution in [0.25, 0.3) is 25.7 Å². The Labute approximate surface area is 139 Å². The van der Waals surface area contributed by atoms with Crippen molar-refractivity contribution >= 4 is 42.8 Å². The Bertz CT molecular complexity index is 1040. The highest BCUT2D eigenvalue weighted by Gasteiger charge is 2.13. The molecule has 0 saturated carbocycles. The van der Waals surface area contributed by atoms with E-state index in [4.69, 9.17) is 5.73 Å². The maximum Gasteiger partial charge on any atom is 0.0433 e. The Hall–Kier alpha value is -2.58. The summed E-state index contributed by atoms with van der Waals surface area (Å²) in [5, 5.41) is 2.64. The number of hydrogen-bond acceptors (Lipinski definition) is 2. The molecule has 2 N–H and O–H groups in total. The molecule has 0 saturated heterocycles. The minimum Gasteiger partial charge on any atom is -0.398 e. The molecule has 0 aliphatic rings. The van der Waals surface area contributed by atoms with Crippen LogP contribution in [0.2, 0.25) is 0 Å². The number of allylic oxidation sites excluding steroid dienone is 1. The molecule has 112 valence electrons. The molecule has 2 heteroatoms. The number of anilines is 1. The Morgan fingerprint density at radius 2 is 1.52 bits per heavy atom. The Balaban J connectivity index is 2.03. The van der Waals surface area contributed by atoms with Gasteiger partial charge in [0.2, 0.25) is 0 Å². The van der Waals surface area contributed by atoms with Gasteiger partial charge in [-0.25, -0.2) is 0 Å². The van der Waals surface area contributed by atoms with Gasteiger partial charge in [0, 0.05) is 31.4 Å². The van der Waals surface area contributed by atoms with Crippen LogP contribution in [-0.2, 0) is 0 Å². The third-order valence-corrected chi connectivity index (χ3v) is 5.45. The van der Waals surface area contributed by atoms with Gasteiger partial charge in [-0.3, -0.25) is 0 Å². The molecule has 4 aromatic rings. The molecule has 0 amide bonds. The zero-order valence-corrected chi connectivity index (χ0v) is 13.7. The van der Waals surface area contributed by atoms with E-state index in [0.29, 0.717) is 0 Å². The van der Waals surface area contributed by atoms with Crippen LogP contribution in [0, 0.1) is 0 Å². The predicted octanol–water partition coefficient (Wildman–Crippen LogP) is 6.09. The zero-order chi connectivity index (χ0) is 15.8. The van der Waals surface area contributed by atoms with Crippen LogP contribution in [0.1, 0.15) is 18.1 Å². The van der Waals surface area contributed by atoms with Gasteiger partial charge < -0.3 is 5.73 Å².